The van der Waals surface area contributed by atoms with Gasteiger partial charge in [0.15, 0.2) is 0 Å². The lowest BCUT2D eigenvalue weighted by Gasteiger charge is -2.05. The third kappa shape index (κ3) is 2.81. The quantitative estimate of drug-likeness (QED) is 0.803. The third-order valence-corrected chi connectivity index (χ3v) is 3.49. The second-order valence-corrected chi connectivity index (χ2v) is 4.31. The van der Waals surface area contributed by atoms with Crippen molar-refractivity contribution in [1.82, 2.24) is 5.32 Å². The Kier molecular flexibility index (Phi) is 4.95. The normalized spacial score (nSPS) is 11.4. The maximum absolute atomic E-state index is 10.3. The molecule has 0 radical (unpaired) electrons. The first kappa shape index (κ1) is 12.7. The number of fused-ring (bicyclic) bond motifs is 1. The largest absolute Gasteiger partial charge is 0.351 e. The predicted molar refractivity (Wildman–Crippen MR) is 69.6 cm³/mol. The van der Waals surface area contributed by atoms with Gasteiger partial charge in [-0.2, -0.15) is 0 Å². The highest BCUT2D eigenvalue weighted by atomic mass is 32.1. The van der Waals surface area contributed by atoms with Crippen molar-refractivity contribution in [1.29, 1.82) is 0 Å². The summed E-state index contributed by atoms with van der Waals surface area (Å²) in [5.74, 6) is 0. The summed E-state index contributed by atoms with van der Waals surface area (Å²) in [7, 11) is 1.50. The van der Waals surface area contributed by atoms with Crippen molar-refractivity contribution in [3.63, 3.8) is 0 Å². The highest BCUT2D eigenvalue weighted by Gasteiger charge is 2.07. The zero-order chi connectivity index (χ0) is 12.0. The van der Waals surface area contributed by atoms with Crippen molar-refractivity contribution >= 4 is 27.8 Å². The minimum absolute atomic E-state index is 0.102. The summed E-state index contributed by atoms with van der Waals surface area (Å²) in [6.07, 6.45) is 0.745. The van der Waals surface area contributed by atoms with E-state index in [1.807, 2.05) is 19.1 Å². The van der Waals surface area contributed by atoms with E-state index >= 15 is 0 Å². The molecule has 4 heteroatoms. The number of benzene rings is 1. The first-order valence-corrected chi connectivity index (χ1v) is 5.89. The van der Waals surface area contributed by atoms with Gasteiger partial charge in [0.1, 0.15) is 0 Å². The highest BCUT2D eigenvalue weighted by molar-refractivity contribution is 7.19. The number of carbonyl (C=O) groups is 1. The van der Waals surface area contributed by atoms with Crippen LogP contribution < -0.4 is 11.1 Å². The van der Waals surface area contributed by atoms with Crippen molar-refractivity contribution < 1.29 is 4.79 Å². The molecule has 2 aromatic rings. The average Bonchev–Trinajstić information content (AvgIpc) is 2.75. The number of hydrogen-bond donors (Lipinski definition) is 2. The molecule has 0 aliphatic carbocycles. The molecule has 0 spiro atoms. The third-order valence-electron chi connectivity index (χ3n) is 2.19. The number of thiophene rings is 1. The Balaban J connectivity index is 0.000000606. The van der Waals surface area contributed by atoms with Gasteiger partial charge in [0.2, 0.25) is 6.41 Å². The number of nitrogens with one attached hydrogen (secondary N) is 1. The lowest BCUT2D eigenvalue weighted by Crippen LogP contribution is -2.14. The Labute approximate surface area is 99.3 Å². The van der Waals surface area contributed by atoms with Gasteiger partial charge in [-0.1, -0.05) is 18.2 Å². The molecule has 0 saturated carbocycles. The molecule has 3 N–H and O–H groups in total. The number of amides is 1. The molecule has 0 aliphatic rings. The molecule has 0 aliphatic heterocycles. The van der Waals surface area contributed by atoms with Crippen LogP contribution in [-0.2, 0) is 4.79 Å². The van der Waals surface area contributed by atoms with Gasteiger partial charge in [0, 0.05) is 9.58 Å². The Bertz CT molecular complexity index is 420. The lowest BCUT2D eigenvalue weighted by atomic mass is 10.2. The van der Waals surface area contributed by atoms with E-state index in [1.165, 1.54) is 22.0 Å². The molecule has 1 atom stereocenters. The van der Waals surface area contributed by atoms with Gasteiger partial charge in [-0.3, -0.25) is 4.79 Å². The molecule has 0 fully saturated rings. The number of rotatable bonds is 3. The van der Waals surface area contributed by atoms with Crippen LogP contribution in [0.1, 0.15) is 17.8 Å². The molecular formula is C12H16N2OS. The van der Waals surface area contributed by atoms with Crippen molar-refractivity contribution in [2.75, 3.05) is 7.05 Å². The average molecular weight is 236 g/mol. The summed E-state index contributed by atoms with van der Waals surface area (Å²) >= 11 is 1.72. The van der Waals surface area contributed by atoms with E-state index in [4.69, 9.17) is 0 Å². The zero-order valence-corrected chi connectivity index (χ0v) is 10.3. The first-order chi connectivity index (χ1) is 7.81. The maximum atomic E-state index is 10.3. The van der Waals surface area contributed by atoms with Gasteiger partial charge in [0.05, 0.1) is 6.04 Å². The molecule has 2 rings (SSSR count). The van der Waals surface area contributed by atoms with Gasteiger partial charge in [0.25, 0.3) is 0 Å². The van der Waals surface area contributed by atoms with Crippen LogP contribution in [0.15, 0.2) is 30.3 Å². The fourth-order valence-electron chi connectivity index (χ4n) is 1.40. The smallest absolute Gasteiger partial charge is 0.207 e. The molecule has 3 nitrogen and oxygen atoms in total. The maximum Gasteiger partial charge on any atom is 0.207 e. The Hall–Kier alpha value is -1.39. The minimum Gasteiger partial charge on any atom is -0.351 e. The fourth-order valence-corrected chi connectivity index (χ4v) is 2.48. The van der Waals surface area contributed by atoms with Crippen LogP contribution in [0.25, 0.3) is 10.1 Å². The van der Waals surface area contributed by atoms with Gasteiger partial charge < -0.3 is 11.1 Å². The Morgan fingerprint density at radius 1 is 1.38 bits per heavy atom. The molecule has 1 unspecified atom stereocenters. The lowest BCUT2D eigenvalue weighted by molar-refractivity contribution is -0.110. The van der Waals surface area contributed by atoms with Crippen LogP contribution in [0.4, 0.5) is 0 Å². The second kappa shape index (κ2) is 6.25. The first-order valence-electron chi connectivity index (χ1n) is 5.07. The summed E-state index contributed by atoms with van der Waals surface area (Å²) < 4.78 is 1.27. The number of nitrogens with two attached hydrogens (primary N) is 1. The van der Waals surface area contributed by atoms with E-state index in [0.717, 1.165) is 6.41 Å². The molecule has 0 bridgehead atoms. The molecule has 1 heterocycles. The van der Waals surface area contributed by atoms with E-state index in [1.54, 1.807) is 11.3 Å². The van der Waals surface area contributed by atoms with E-state index in [0.29, 0.717) is 0 Å². The van der Waals surface area contributed by atoms with Gasteiger partial charge >= 0.3 is 0 Å². The Morgan fingerprint density at radius 3 is 2.69 bits per heavy atom. The van der Waals surface area contributed by atoms with Gasteiger partial charge in [-0.05, 0) is 31.5 Å². The summed E-state index contributed by atoms with van der Waals surface area (Å²) in [5, 5.41) is 4.00. The molecule has 1 amide bonds. The number of carbonyl (C=O) groups excluding carboxylic acids is 1. The van der Waals surface area contributed by atoms with Crippen molar-refractivity contribution in [3.05, 3.63) is 35.2 Å². The van der Waals surface area contributed by atoms with E-state index in [9.17, 15) is 4.79 Å². The van der Waals surface area contributed by atoms with Crippen molar-refractivity contribution in [2.45, 2.75) is 13.0 Å². The second-order valence-electron chi connectivity index (χ2n) is 3.19. The fraction of sp³-hybridized carbons (Fsp3) is 0.250. The van der Waals surface area contributed by atoms with Crippen LogP contribution in [0.5, 0.6) is 0 Å². The molecule has 1 aromatic heterocycles. The SMILES string of the molecule is CC(NC=O)c1cc2ccccc2s1.CN. The topological polar surface area (TPSA) is 55.1 Å². The minimum atomic E-state index is 0.102. The van der Waals surface area contributed by atoms with Gasteiger partial charge in [-0.25, -0.2) is 0 Å². The zero-order valence-electron chi connectivity index (χ0n) is 9.44. The van der Waals surface area contributed by atoms with Crippen LogP contribution in [0, 0.1) is 0 Å². The van der Waals surface area contributed by atoms with Crippen LogP contribution in [0.2, 0.25) is 0 Å². The van der Waals surface area contributed by atoms with E-state index in [-0.39, 0.29) is 6.04 Å². The van der Waals surface area contributed by atoms with Crippen molar-refractivity contribution in [3.8, 4) is 0 Å². The Morgan fingerprint density at radius 2 is 2.06 bits per heavy atom. The summed E-state index contributed by atoms with van der Waals surface area (Å²) in [6, 6.07) is 10.5. The van der Waals surface area contributed by atoms with E-state index < -0.39 is 0 Å². The molecule has 86 valence electrons. The van der Waals surface area contributed by atoms with Gasteiger partial charge in [-0.15, -0.1) is 11.3 Å². The molecule has 1 aromatic carbocycles. The standard InChI is InChI=1S/C11H11NOS.CH5N/c1-8(12-7-13)11-6-9-4-2-3-5-10(9)14-11;1-2/h2-8H,1H3,(H,12,13);2H2,1H3. The molecule has 16 heavy (non-hydrogen) atoms. The van der Waals surface area contributed by atoms with Crippen molar-refractivity contribution in [2.24, 2.45) is 5.73 Å². The monoisotopic (exact) mass is 236 g/mol. The van der Waals surface area contributed by atoms with E-state index in [2.05, 4.69) is 29.2 Å². The predicted octanol–water partition coefficient (Wildman–Crippen LogP) is 2.28. The van der Waals surface area contributed by atoms with Crippen LogP contribution >= 0.6 is 11.3 Å². The molecular weight excluding hydrogens is 220 g/mol. The van der Waals surface area contributed by atoms with Crippen LogP contribution in [-0.4, -0.2) is 13.5 Å². The highest BCUT2D eigenvalue weighted by Crippen LogP contribution is 2.29. The summed E-state index contributed by atoms with van der Waals surface area (Å²) in [5.41, 5.74) is 4.50. The van der Waals surface area contributed by atoms with Crippen LogP contribution in [0.3, 0.4) is 0 Å². The molecule has 0 saturated heterocycles. The summed E-state index contributed by atoms with van der Waals surface area (Å²) in [4.78, 5) is 11.5. The summed E-state index contributed by atoms with van der Waals surface area (Å²) in [6.45, 7) is 1.99. The number of hydrogen-bond acceptors (Lipinski definition) is 3.